The van der Waals surface area contributed by atoms with E-state index in [1.54, 1.807) is 18.3 Å². The van der Waals surface area contributed by atoms with Crippen molar-refractivity contribution in [3.05, 3.63) is 95.4 Å². The zero-order valence-corrected chi connectivity index (χ0v) is 19.2. The van der Waals surface area contributed by atoms with Gasteiger partial charge in [-0.1, -0.05) is 24.3 Å². The highest BCUT2D eigenvalue weighted by Gasteiger charge is 2.12. The molecular weight excluding hydrogens is 462 g/mol. The van der Waals surface area contributed by atoms with Crippen LogP contribution in [0.1, 0.15) is 28.8 Å². The maximum atomic E-state index is 12.3. The summed E-state index contributed by atoms with van der Waals surface area (Å²) in [4.78, 5) is 15.4. The number of benzene rings is 2. The highest BCUT2D eigenvalue weighted by atomic mass is 35.5. The summed E-state index contributed by atoms with van der Waals surface area (Å²) >= 11 is 0. The molecule has 0 atom stereocenters. The molecule has 8 heteroatoms. The van der Waals surface area contributed by atoms with E-state index in [-0.39, 0.29) is 25.4 Å². The number of ether oxygens (including phenoxy) is 1. The van der Waals surface area contributed by atoms with E-state index in [1.807, 2.05) is 42.5 Å². The van der Waals surface area contributed by atoms with Gasteiger partial charge in [-0.05, 0) is 72.4 Å². The number of nitrogens with zero attached hydrogens (tertiary/aromatic N) is 2. The number of hydrogen-bond acceptors (Lipinski definition) is 3. The number of pyridine rings is 1. The number of carboxylic acids is 1. The molecule has 0 radical (unpaired) electrons. The van der Waals surface area contributed by atoms with Crippen LogP contribution in [0.3, 0.4) is 0 Å². The first-order valence-electron chi connectivity index (χ1n) is 10.7. The number of aromatic nitrogens is 2. The second kappa shape index (κ2) is 11.7. The molecule has 0 aliphatic heterocycles. The molecular formula is C26H25ClF2N2O3. The molecule has 0 amide bonds. The van der Waals surface area contributed by atoms with Gasteiger partial charge in [-0.15, -0.1) is 12.4 Å². The van der Waals surface area contributed by atoms with Crippen LogP contribution >= 0.6 is 12.4 Å². The fourth-order valence-corrected chi connectivity index (χ4v) is 3.89. The summed E-state index contributed by atoms with van der Waals surface area (Å²) in [6.45, 7) is -2.94. The van der Waals surface area contributed by atoms with Crippen molar-refractivity contribution in [1.29, 1.82) is 0 Å². The van der Waals surface area contributed by atoms with Gasteiger partial charge < -0.3 is 14.4 Å². The summed E-state index contributed by atoms with van der Waals surface area (Å²) < 4.78 is 31.1. The summed E-state index contributed by atoms with van der Waals surface area (Å²) in [5, 5.41) is 10.1. The van der Waals surface area contributed by atoms with E-state index < -0.39 is 12.6 Å². The number of alkyl halides is 2. The van der Waals surface area contributed by atoms with Crippen LogP contribution in [-0.4, -0.2) is 27.2 Å². The summed E-state index contributed by atoms with van der Waals surface area (Å²) in [7, 11) is 0. The third kappa shape index (κ3) is 6.40. The van der Waals surface area contributed by atoms with Crippen LogP contribution in [0.15, 0.2) is 73.1 Å². The van der Waals surface area contributed by atoms with Gasteiger partial charge in [-0.3, -0.25) is 9.78 Å². The molecule has 0 bridgehead atoms. The lowest BCUT2D eigenvalue weighted by Crippen LogP contribution is -1.99. The molecule has 1 N–H and O–H groups in total. The lowest BCUT2D eigenvalue weighted by atomic mass is 10.0. The first-order chi connectivity index (χ1) is 16.0. The predicted octanol–water partition coefficient (Wildman–Crippen LogP) is 5.99. The molecule has 0 aliphatic rings. The van der Waals surface area contributed by atoms with Gasteiger partial charge in [0.25, 0.3) is 0 Å². The number of halogens is 3. The lowest BCUT2D eigenvalue weighted by Gasteiger charge is -2.08. The number of aryl methyl sites for hydroxylation is 3. The fraction of sp³-hybridized carbons (Fsp3) is 0.231. The van der Waals surface area contributed by atoms with Crippen LogP contribution in [0, 0.1) is 0 Å². The molecule has 4 aromatic rings. The van der Waals surface area contributed by atoms with Gasteiger partial charge in [0.15, 0.2) is 0 Å². The smallest absolute Gasteiger partial charge is 0.345 e. The standard InChI is InChI=1S/C26H24F2N2O3.ClH/c27-26(28)33-17-19-4-10-22(11-5-19)30-16-20(8-9-21-3-1-2-14-29-21)23-15-18(6-12-24(23)30)7-13-25(31)32;/h1-6,10-12,14-16,26H,7-9,13,17H2,(H,31,32);1H. The van der Waals surface area contributed by atoms with E-state index in [1.165, 1.54) is 0 Å². The zero-order valence-electron chi connectivity index (χ0n) is 18.4. The molecule has 0 unspecified atom stereocenters. The molecule has 34 heavy (non-hydrogen) atoms. The molecule has 2 heterocycles. The van der Waals surface area contributed by atoms with E-state index in [0.29, 0.717) is 12.0 Å². The molecule has 4 rings (SSSR count). The van der Waals surface area contributed by atoms with Gasteiger partial charge in [0.1, 0.15) is 0 Å². The van der Waals surface area contributed by atoms with Crippen molar-refractivity contribution in [2.45, 2.75) is 38.9 Å². The Balaban J connectivity index is 0.00000324. The van der Waals surface area contributed by atoms with Gasteiger partial charge in [0.05, 0.1) is 12.1 Å². The molecule has 0 saturated heterocycles. The van der Waals surface area contributed by atoms with Gasteiger partial charge >= 0.3 is 12.6 Å². The predicted molar refractivity (Wildman–Crippen MR) is 129 cm³/mol. The molecule has 2 aromatic heterocycles. The van der Waals surface area contributed by atoms with Crippen LogP contribution in [-0.2, 0) is 35.4 Å². The van der Waals surface area contributed by atoms with Crippen LogP contribution in [0.5, 0.6) is 0 Å². The molecule has 0 saturated carbocycles. The van der Waals surface area contributed by atoms with E-state index in [4.69, 9.17) is 5.11 Å². The maximum absolute atomic E-state index is 12.3. The summed E-state index contributed by atoms with van der Waals surface area (Å²) in [6.07, 6.45) is 5.97. The average molecular weight is 487 g/mol. The molecule has 0 aliphatic carbocycles. The SMILES string of the molecule is Cl.O=C(O)CCc1ccc2c(c1)c(CCc1ccccn1)cn2-c1ccc(COC(F)F)cc1. The minimum atomic E-state index is -2.80. The van der Waals surface area contributed by atoms with Crippen molar-refractivity contribution in [2.24, 2.45) is 0 Å². The van der Waals surface area contributed by atoms with E-state index >= 15 is 0 Å². The lowest BCUT2D eigenvalue weighted by molar-refractivity contribution is -0.137. The highest BCUT2D eigenvalue weighted by Crippen LogP contribution is 2.28. The first-order valence-corrected chi connectivity index (χ1v) is 10.7. The molecule has 5 nitrogen and oxygen atoms in total. The Morgan fingerprint density at radius 1 is 1.00 bits per heavy atom. The third-order valence-electron chi connectivity index (χ3n) is 5.55. The summed E-state index contributed by atoms with van der Waals surface area (Å²) in [6, 6.07) is 19.2. The monoisotopic (exact) mass is 486 g/mol. The minimum Gasteiger partial charge on any atom is -0.481 e. The first kappa shape index (κ1) is 25.3. The number of carboxylic acid groups (broad SMARTS) is 1. The van der Waals surface area contributed by atoms with Crippen LogP contribution in [0.4, 0.5) is 8.78 Å². The van der Waals surface area contributed by atoms with Crippen LogP contribution in [0.2, 0.25) is 0 Å². The van der Waals surface area contributed by atoms with Crippen molar-refractivity contribution in [2.75, 3.05) is 0 Å². The Morgan fingerprint density at radius 2 is 1.76 bits per heavy atom. The Bertz CT molecular complexity index is 1230. The van der Waals surface area contributed by atoms with Crippen molar-refractivity contribution >= 4 is 29.3 Å². The Morgan fingerprint density at radius 3 is 2.44 bits per heavy atom. The topological polar surface area (TPSA) is 64.3 Å². The Labute approximate surface area is 202 Å². The number of fused-ring (bicyclic) bond motifs is 1. The third-order valence-corrected chi connectivity index (χ3v) is 5.55. The maximum Gasteiger partial charge on any atom is 0.345 e. The largest absolute Gasteiger partial charge is 0.481 e. The Hall–Kier alpha value is -3.29. The molecule has 0 fully saturated rings. The van der Waals surface area contributed by atoms with Gasteiger partial charge in [-0.25, -0.2) is 0 Å². The van der Waals surface area contributed by atoms with Gasteiger partial charge in [-0.2, -0.15) is 8.78 Å². The van der Waals surface area contributed by atoms with Gasteiger partial charge in [0.2, 0.25) is 0 Å². The van der Waals surface area contributed by atoms with Gasteiger partial charge in [0, 0.05) is 35.6 Å². The number of carbonyl (C=O) groups is 1. The molecule has 2 aromatic carbocycles. The molecule has 178 valence electrons. The zero-order chi connectivity index (χ0) is 23.2. The van der Waals surface area contributed by atoms with E-state index in [0.717, 1.165) is 46.3 Å². The Kier molecular flexibility index (Phi) is 8.73. The number of aliphatic carboxylic acids is 1. The summed E-state index contributed by atoms with van der Waals surface area (Å²) in [5.74, 6) is -0.820. The normalized spacial score (nSPS) is 11.0. The second-order valence-electron chi connectivity index (χ2n) is 7.83. The fourth-order valence-electron chi connectivity index (χ4n) is 3.89. The van der Waals surface area contributed by atoms with Crippen molar-refractivity contribution < 1.29 is 23.4 Å². The average Bonchev–Trinajstić information content (AvgIpc) is 3.19. The molecule has 0 spiro atoms. The minimum absolute atomic E-state index is 0. The highest BCUT2D eigenvalue weighted by molar-refractivity contribution is 5.86. The number of rotatable bonds is 10. The number of hydrogen-bond donors (Lipinski definition) is 1. The van der Waals surface area contributed by atoms with E-state index in [9.17, 15) is 13.6 Å². The van der Waals surface area contributed by atoms with Crippen LogP contribution in [0.25, 0.3) is 16.6 Å². The van der Waals surface area contributed by atoms with E-state index in [2.05, 4.69) is 26.6 Å². The van der Waals surface area contributed by atoms with Crippen LogP contribution < -0.4 is 0 Å². The van der Waals surface area contributed by atoms with Crippen molar-refractivity contribution in [1.82, 2.24) is 9.55 Å². The second-order valence-corrected chi connectivity index (χ2v) is 7.83. The van der Waals surface area contributed by atoms with Crippen molar-refractivity contribution in [3.8, 4) is 5.69 Å². The quantitative estimate of drug-likeness (QED) is 0.299. The summed E-state index contributed by atoms with van der Waals surface area (Å²) in [5.41, 5.74) is 5.69. The van der Waals surface area contributed by atoms with Crippen molar-refractivity contribution in [3.63, 3.8) is 0 Å².